The van der Waals surface area contributed by atoms with Gasteiger partial charge in [0.05, 0.1) is 31.8 Å². The third kappa shape index (κ3) is 9.38. The summed E-state index contributed by atoms with van der Waals surface area (Å²) in [4.78, 5) is 32.5. The minimum Gasteiger partial charge on any atom is -0.369 e. The van der Waals surface area contributed by atoms with Crippen molar-refractivity contribution in [3.8, 4) is 6.07 Å². The molecule has 5 atom stereocenters. The minimum absolute atomic E-state index is 0.114. The highest BCUT2D eigenvalue weighted by atomic mass is 31.2. The lowest BCUT2D eigenvalue weighted by molar-refractivity contribution is -0.0717. The summed E-state index contributed by atoms with van der Waals surface area (Å²) >= 11 is 0. The molecule has 1 amide bonds. The first-order valence-electron chi connectivity index (χ1n) is 15.1. The van der Waals surface area contributed by atoms with Gasteiger partial charge >= 0.3 is 5.69 Å². The fraction of sp³-hybridized carbons (Fsp3) is 0.613. The van der Waals surface area contributed by atoms with E-state index in [0.29, 0.717) is 30.7 Å². The van der Waals surface area contributed by atoms with Gasteiger partial charge in [-0.1, -0.05) is 25.1 Å². The molecule has 3 rings (SSSR count). The molecule has 0 saturated carbocycles. The Hall–Kier alpha value is -2.75. The molecule has 1 N–H and O–H groups in total. The van der Waals surface area contributed by atoms with E-state index in [1.165, 1.54) is 4.57 Å². The molecule has 1 fully saturated rings. The average molecular weight is 631 g/mol. The van der Waals surface area contributed by atoms with Crippen molar-refractivity contribution >= 4 is 20.3 Å². The Kier molecular flexibility index (Phi) is 13.9. The molecule has 1 aromatic heterocycles. The number of amides is 1. The summed E-state index contributed by atoms with van der Waals surface area (Å²) in [6, 6.07) is 11.1. The molecular weight excluding hydrogens is 583 g/mol. The molecular formula is C31H47N6O6P. The van der Waals surface area contributed by atoms with Crippen molar-refractivity contribution in [1.82, 2.24) is 19.1 Å². The van der Waals surface area contributed by atoms with Gasteiger partial charge in [0.25, 0.3) is 14.4 Å². The van der Waals surface area contributed by atoms with Gasteiger partial charge in [0.15, 0.2) is 6.23 Å². The van der Waals surface area contributed by atoms with E-state index in [0.717, 1.165) is 0 Å². The molecule has 44 heavy (non-hydrogen) atoms. The van der Waals surface area contributed by atoms with Crippen molar-refractivity contribution in [2.24, 2.45) is 0 Å². The smallest absolute Gasteiger partial charge is 0.351 e. The molecule has 2 heterocycles. The average Bonchev–Trinajstić information content (AvgIpc) is 3.31. The zero-order valence-corrected chi connectivity index (χ0v) is 28.0. The van der Waals surface area contributed by atoms with E-state index in [4.69, 9.17) is 23.8 Å². The number of hydrogen-bond donors (Lipinski definition) is 1. The van der Waals surface area contributed by atoms with Crippen molar-refractivity contribution in [2.75, 3.05) is 39.2 Å². The summed E-state index contributed by atoms with van der Waals surface area (Å²) in [5.74, 6) is -0.175. The SMILES string of the molecule is CC[C@H]1O[C@@H](n2cc(C)c(NC(=O)c3ccccc3)nc2=O)[C@H](OCCN(C)C)[C@@H]1OP(OCCC#N)N(C(C)C)C(C)C. The molecule has 2 aromatic rings. The van der Waals surface area contributed by atoms with Crippen LogP contribution in [0.25, 0.3) is 0 Å². The number of benzene rings is 1. The number of nitriles is 1. The first kappa shape index (κ1) is 35.7. The first-order chi connectivity index (χ1) is 21.0. The predicted octanol–water partition coefficient (Wildman–Crippen LogP) is 4.72. The second kappa shape index (κ2) is 17.1. The number of aryl methyl sites for hydroxylation is 1. The number of anilines is 1. The monoisotopic (exact) mass is 630 g/mol. The number of nitrogens with zero attached hydrogens (tertiary/aromatic N) is 5. The van der Waals surface area contributed by atoms with Gasteiger partial charge < -0.3 is 28.7 Å². The standard InChI is InChI=1S/C31H47N6O6P/c1-9-25-26(43-44(41-18-13-16-32)37(21(2)3)22(4)5)27(40-19-17-35(7)8)30(42-25)36-20-23(6)28(34-31(36)39)33-29(38)24-14-11-10-12-15-24/h10-12,14-15,20-22,25-27,30H,9,13,17-19H2,1-8H3,(H,33,34,38,39)/t25-,26-,27-,30-,44?/m1/s1. The van der Waals surface area contributed by atoms with E-state index in [1.54, 1.807) is 37.4 Å². The van der Waals surface area contributed by atoms with E-state index >= 15 is 0 Å². The van der Waals surface area contributed by atoms with Crippen molar-refractivity contribution in [2.45, 2.75) is 91.0 Å². The second-order valence-electron chi connectivity index (χ2n) is 11.5. The van der Waals surface area contributed by atoms with Crippen LogP contribution >= 0.6 is 8.53 Å². The Bertz CT molecular complexity index is 1290. The molecule has 13 heteroatoms. The molecule has 0 aliphatic carbocycles. The number of likely N-dealkylation sites (N-methyl/N-ethyl adjacent to an activating group) is 1. The van der Waals surface area contributed by atoms with Gasteiger partial charge in [0, 0.05) is 36.0 Å². The summed E-state index contributed by atoms with van der Waals surface area (Å²) in [7, 11) is 2.33. The third-order valence-electron chi connectivity index (χ3n) is 7.09. The predicted molar refractivity (Wildman–Crippen MR) is 170 cm³/mol. The maximum Gasteiger partial charge on any atom is 0.351 e. The summed E-state index contributed by atoms with van der Waals surface area (Å²) < 4.78 is 29.5. The Morgan fingerprint density at radius 2 is 1.84 bits per heavy atom. The number of nitrogens with one attached hydrogen (secondary N) is 1. The van der Waals surface area contributed by atoms with Crippen LogP contribution in [-0.4, -0.2) is 89.3 Å². The highest BCUT2D eigenvalue weighted by Crippen LogP contribution is 2.50. The van der Waals surface area contributed by atoms with Crippen LogP contribution in [0.5, 0.6) is 0 Å². The van der Waals surface area contributed by atoms with Crippen molar-refractivity contribution < 1.29 is 23.3 Å². The highest BCUT2D eigenvalue weighted by molar-refractivity contribution is 7.44. The van der Waals surface area contributed by atoms with Gasteiger partial charge in [-0.25, -0.2) is 9.46 Å². The molecule has 0 spiro atoms. The third-order valence-corrected chi connectivity index (χ3v) is 9.22. The Morgan fingerprint density at radius 3 is 2.43 bits per heavy atom. The van der Waals surface area contributed by atoms with Gasteiger partial charge in [0.2, 0.25) is 0 Å². The zero-order chi connectivity index (χ0) is 32.4. The number of aromatic nitrogens is 2. The van der Waals surface area contributed by atoms with Gasteiger partial charge in [0.1, 0.15) is 18.0 Å². The highest BCUT2D eigenvalue weighted by Gasteiger charge is 2.49. The Labute approximate surface area is 262 Å². The fourth-order valence-corrected chi connectivity index (χ4v) is 6.75. The number of ether oxygens (including phenoxy) is 2. The van der Waals surface area contributed by atoms with Gasteiger partial charge in [-0.2, -0.15) is 10.2 Å². The van der Waals surface area contributed by atoms with E-state index in [-0.39, 0.29) is 36.8 Å². The van der Waals surface area contributed by atoms with Crippen molar-refractivity contribution in [3.63, 3.8) is 0 Å². The summed E-state index contributed by atoms with van der Waals surface area (Å²) in [5.41, 5.74) is 0.469. The lowest BCUT2D eigenvalue weighted by Gasteiger charge is -2.38. The van der Waals surface area contributed by atoms with Crippen molar-refractivity contribution in [1.29, 1.82) is 5.26 Å². The normalized spacial score (nSPS) is 20.9. The molecule has 0 bridgehead atoms. The number of carbonyl (C=O) groups is 1. The quantitative estimate of drug-likeness (QED) is 0.205. The molecule has 242 valence electrons. The summed E-state index contributed by atoms with van der Waals surface area (Å²) in [6.07, 6.45) is 0.0277. The molecule has 1 unspecified atom stereocenters. The fourth-order valence-electron chi connectivity index (χ4n) is 4.98. The van der Waals surface area contributed by atoms with Gasteiger partial charge in [-0.3, -0.25) is 9.36 Å². The van der Waals surface area contributed by atoms with E-state index in [9.17, 15) is 9.59 Å². The molecule has 12 nitrogen and oxygen atoms in total. The van der Waals surface area contributed by atoms with Crippen LogP contribution in [0.1, 0.15) is 69.6 Å². The summed E-state index contributed by atoms with van der Waals surface area (Å²) in [6.45, 7) is 13.4. The number of hydrogen-bond acceptors (Lipinski definition) is 10. The number of carbonyl (C=O) groups excluding carboxylic acids is 1. The minimum atomic E-state index is -1.59. The van der Waals surface area contributed by atoms with Crippen LogP contribution < -0.4 is 11.0 Å². The van der Waals surface area contributed by atoms with Crippen molar-refractivity contribution in [3.05, 3.63) is 58.1 Å². The number of rotatable bonds is 16. The first-order valence-corrected chi connectivity index (χ1v) is 16.2. The van der Waals surface area contributed by atoms with E-state index < -0.39 is 38.8 Å². The van der Waals surface area contributed by atoms with Crippen LogP contribution in [0.15, 0.2) is 41.3 Å². The molecule has 1 aliphatic heterocycles. The van der Waals surface area contributed by atoms with Crippen LogP contribution in [0.2, 0.25) is 0 Å². The Balaban J connectivity index is 1.96. The van der Waals surface area contributed by atoms with Crippen LogP contribution in [0, 0.1) is 18.3 Å². The lowest BCUT2D eigenvalue weighted by Crippen LogP contribution is -2.42. The second-order valence-corrected chi connectivity index (χ2v) is 12.9. The van der Waals surface area contributed by atoms with Crippen LogP contribution in [-0.2, 0) is 18.5 Å². The largest absolute Gasteiger partial charge is 0.369 e. The maximum atomic E-state index is 13.5. The molecule has 0 radical (unpaired) electrons. The maximum absolute atomic E-state index is 13.5. The lowest BCUT2D eigenvalue weighted by atomic mass is 10.1. The van der Waals surface area contributed by atoms with Gasteiger partial charge in [-0.05, 0) is 67.3 Å². The summed E-state index contributed by atoms with van der Waals surface area (Å²) in [5, 5.41) is 11.9. The molecule has 1 saturated heterocycles. The van der Waals surface area contributed by atoms with Crippen LogP contribution in [0.4, 0.5) is 5.82 Å². The molecule has 1 aromatic carbocycles. The topological polar surface area (TPSA) is 131 Å². The van der Waals surface area contributed by atoms with Gasteiger partial charge in [-0.15, -0.1) is 0 Å². The van der Waals surface area contributed by atoms with Crippen LogP contribution in [0.3, 0.4) is 0 Å². The molecule has 1 aliphatic rings. The Morgan fingerprint density at radius 1 is 1.16 bits per heavy atom. The zero-order valence-electron chi connectivity index (χ0n) is 27.1. The van der Waals surface area contributed by atoms with E-state index in [1.807, 2.05) is 32.0 Å². The van der Waals surface area contributed by atoms with E-state index in [2.05, 4.69) is 48.7 Å².